The molecule has 0 bridgehead atoms. The second-order valence-electron chi connectivity index (χ2n) is 6.55. The van der Waals surface area contributed by atoms with Crippen LogP contribution in [0.2, 0.25) is 0 Å². The monoisotopic (exact) mass is 555 g/mol. The van der Waals surface area contributed by atoms with Gasteiger partial charge in [-0.15, -0.1) is 24.0 Å². The minimum absolute atomic E-state index is 0. The Hall–Kier alpha value is -1.51. The molecule has 30 heavy (non-hydrogen) atoms. The third-order valence-corrected chi connectivity index (χ3v) is 3.99. The van der Waals surface area contributed by atoms with Crippen molar-refractivity contribution in [3.63, 3.8) is 0 Å². The van der Waals surface area contributed by atoms with Crippen LogP contribution in [-0.2, 0) is 6.54 Å². The van der Waals surface area contributed by atoms with Gasteiger partial charge < -0.3 is 15.4 Å². The molecule has 1 aromatic rings. The normalized spacial score (nSPS) is 18.1. The molecule has 0 aliphatic carbocycles. The highest BCUT2D eigenvalue weighted by Gasteiger charge is 2.34. The number of pyridine rings is 1. The fourth-order valence-corrected chi connectivity index (χ4v) is 2.85. The van der Waals surface area contributed by atoms with Crippen LogP contribution < -0.4 is 15.4 Å². The Balaban J connectivity index is 0.00000450. The van der Waals surface area contributed by atoms with Crippen molar-refractivity contribution >= 4 is 29.9 Å². The van der Waals surface area contributed by atoms with Gasteiger partial charge in [-0.1, -0.05) is 6.07 Å². The number of nitrogens with one attached hydrogen (secondary N) is 2. The van der Waals surface area contributed by atoms with Crippen molar-refractivity contribution in [1.29, 1.82) is 0 Å². The second kappa shape index (κ2) is 11.8. The number of aliphatic imine (C=N–C) groups is 1. The van der Waals surface area contributed by atoms with E-state index in [0.29, 0.717) is 31.0 Å². The highest BCUT2D eigenvalue weighted by molar-refractivity contribution is 14.0. The SMILES string of the molecule is CCNC(=NCc1cccnc1OCC(F)(F)F)NC1CCN(CC(F)(F)F)C1.I. The Morgan fingerprint density at radius 1 is 1.27 bits per heavy atom. The van der Waals surface area contributed by atoms with Gasteiger partial charge >= 0.3 is 12.4 Å². The lowest BCUT2D eigenvalue weighted by Crippen LogP contribution is -2.45. The standard InChI is InChI=1S/C17H23F6N5O.HI/c1-2-24-15(27-13-5-7-28(9-13)10-16(18,19)20)26-8-12-4-3-6-25-14(12)29-11-17(21,22)23;/h3-4,6,13H,2,5,7-11H2,1H3,(H2,24,26,27);1H. The highest BCUT2D eigenvalue weighted by atomic mass is 127. The van der Waals surface area contributed by atoms with Gasteiger partial charge in [0, 0.05) is 37.4 Å². The maximum atomic E-state index is 12.5. The second-order valence-corrected chi connectivity index (χ2v) is 6.55. The van der Waals surface area contributed by atoms with Crippen molar-refractivity contribution < 1.29 is 31.1 Å². The fourth-order valence-electron chi connectivity index (χ4n) is 2.85. The predicted octanol–water partition coefficient (Wildman–Crippen LogP) is 3.33. The summed E-state index contributed by atoms with van der Waals surface area (Å²) in [5.74, 6) is 0.193. The van der Waals surface area contributed by atoms with Crippen LogP contribution in [0.4, 0.5) is 26.3 Å². The largest absolute Gasteiger partial charge is 0.468 e. The summed E-state index contributed by atoms with van der Waals surface area (Å²) in [5.41, 5.74) is 0.360. The molecule has 2 heterocycles. The number of guanidine groups is 1. The van der Waals surface area contributed by atoms with Crippen molar-refractivity contribution in [1.82, 2.24) is 20.5 Å². The zero-order chi connectivity index (χ0) is 21.5. The number of alkyl halides is 6. The van der Waals surface area contributed by atoms with E-state index in [-0.39, 0.29) is 49.0 Å². The maximum Gasteiger partial charge on any atom is 0.422 e. The number of ether oxygens (including phenoxy) is 1. The van der Waals surface area contributed by atoms with Crippen molar-refractivity contribution in [3.8, 4) is 5.88 Å². The number of hydrogen-bond donors (Lipinski definition) is 2. The quantitative estimate of drug-likeness (QED) is 0.234. The molecular weight excluding hydrogens is 531 g/mol. The third kappa shape index (κ3) is 10.00. The number of aromatic nitrogens is 1. The molecule has 1 aliphatic heterocycles. The van der Waals surface area contributed by atoms with Gasteiger partial charge in [0.15, 0.2) is 12.6 Å². The molecule has 1 aliphatic rings. The first-order chi connectivity index (χ1) is 13.6. The lowest BCUT2D eigenvalue weighted by molar-refractivity contribution is -0.154. The van der Waals surface area contributed by atoms with E-state index in [1.54, 1.807) is 12.1 Å². The van der Waals surface area contributed by atoms with E-state index < -0.39 is 25.5 Å². The summed E-state index contributed by atoms with van der Waals surface area (Å²) < 4.78 is 79.4. The molecule has 2 N–H and O–H groups in total. The average molecular weight is 555 g/mol. The van der Waals surface area contributed by atoms with E-state index in [1.165, 1.54) is 11.1 Å². The van der Waals surface area contributed by atoms with Crippen molar-refractivity contribution in [2.24, 2.45) is 4.99 Å². The van der Waals surface area contributed by atoms with Crippen LogP contribution in [-0.4, -0.2) is 67.0 Å². The van der Waals surface area contributed by atoms with Crippen molar-refractivity contribution in [2.75, 3.05) is 32.8 Å². The molecule has 1 saturated heterocycles. The maximum absolute atomic E-state index is 12.5. The van der Waals surface area contributed by atoms with Crippen LogP contribution in [0.25, 0.3) is 0 Å². The van der Waals surface area contributed by atoms with Crippen LogP contribution in [0.3, 0.4) is 0 Å². The lowest BCUT2D eigenvalue weighted by atomic mass is 10.2. The van der Waals surface area contributed by atoms with Crippen LogP contribution in [0.15, 0.2) is 23.3 Å². The van der Waals surface area contributed by atoms with Gasteiger partial charge in [-0.25, -0.2) is 9.98 Å². The van der Waals surface area contributed by atoms with Crippen LogP contribution in [0.5, 0.6) is 5.88 Å². The molecular formula is C17H24F6IN5O. The molecule has 0 amide bonds. The smallest absolute Gasteiger partial charge is 0.422 e. The first kappa shape index (κ1) is 26.5. The first-order valence-electron chi connectivity index (χ1n) is 9.03. The molecule has 1 aromatic heterocycles. The van der Waals surface area contributed by atoms with Crippen molar-refractivity contribution in [2.45, 2.75) is 38.3 Å². The summed E-state index contributed by atoms with van der Waals surface area (Å²) in [6.07, 6.45) is -6.90. The molecule has 172 valence electrons. The highest BCUT2D eigenvalue weighted by Crippen LogP contribution is 2.21. The minimum atomic E-state index is -4.49. The average Bonchev–Trinajstić information content (AvgIpc) is 3.03. The van der Waals surface area contributed by atoms with E-state index in [0.717, 1.165) is 0 Å². The first-order valence-corrected chi connectivity index (χ1v) is 9.03. The van der Waals surface area contributed by atoms with E-state index >= 15 is 0 Å². The zero-order valence-corrected chi connectivity index (χ0v) is 18.5. The predicted molar refractivity (Wildman–Crippen MR) is 110 cm³/mol. The number of hydrogen-bond acceptors (Lipinski definition) is 4. The molecule has 1 unspecified atom stereocenters. The lowest BCUT2D eigenvalue weighted by Gasteiger charge is -2.20. The van der Waals surface area contributed by atoms with Gasteiger partial charge in [-0.05, 0) is 19.4 Å². The Kier molecular flexibility index (Phi) is 10.4. The molecule has 0 aromatic carbocycles. The molecule has 13 heteroatoms. The van der Waals surface area contributed by atoms with E-state index in [2.05, 4.69) is 20.6 Å². The molecule has 1 atom stereocenters. The Labute approximate surface area is 187 Å². The fraction of sp³-hybridized carbons (Fsp3) is 0.647. The van der Waals surface area contributed by atoms with Gasteiger partial charge in [0.25, 0.3) is 0 Å². The van der Waals surface area contributed by atoms with Gasteiger partial charge in [-0.2, -0.15) is 26.3 Å². The summed E-state index contributed by atoms with van der Waals surface area (Å²) in [4.78, 5) is 9.42. The van der Waals surface area contributed by atoms with E-state index in [4.69, 9.17) is 4.74 Å². The number of rotatable bonds is 7. The summed E-state index contributed by atoms with van der Waals surface area (Å²) in [6.45, 7) is 0.435. The molecule has 0 saturated carbocycles. The third-order valence-electron chi connectivity index (χ3n) is 3.99. The summed E-state index contributed by atoms with van der Waals surface area (Å²) >= 11 is 0. The van der Waals surface area contributed by atoms with Crippen molar-refractivity contribution in [3.05, 3.63) is 23.9 Å². The molecule has 2 rings (SSSR count). The number of halogens is 7. The molecule has 0 spiro atoms. The Morgan fingerprint density at radius 2 is 2.00 bits per heavy atom. The molecule has 0 radical (unpaired) electrons. The number of nitrogens with zero attached hydrogens (tertiary/aromatic N) is 3. The van der Waals surface area contributed by atoms with Gasteiger partial charge in [0.2, 0.25) is 5.88 Å². The summed E-state index contributed by atoms with van der Waals surface area (Å²) in [6, 6.07) is 2.88. The van der Waals surface area contributed by atoms with Crippen LogP contribution >= 0.6 is 24.0 Å². The topological polar surface area (TPSA) is 61.8 Å². The number of likely N-dealkylation sites (tertiary alicyclic amines) is 1. The minimum Gasteiger partial charge on any atom is -0.468 e. The Bertz CT molecular complexity index is 685. The molecule has 1 fully saturated rings. The zero-order valence-electron chi connectivity index (χ0n) is 16.2. The Morgan fingerprint density at radius 3 is 2.63 bits per heavy atom. The van der Waals surface area contributed by atoms with Crippen LogP contribution in [0, 0.1) is 0 Å². The van der Waals surface area contributed by atoms with Gasteiger partial charge in [0.05, 0.1) is 13.1 Å². The summed E-state index contributed by atoms with van der Waals surface area (Å²) in [7, 11) is 0. The van der Waals surface area contributed by atoms with Crippen LogP contribution in [0.1, 0.15) is 18.9 Å². The van der Waals surface area contributed by atoms with E-state index in [1.807, 2.05) is 6.92 Å². The van der Waals surface area contributed by atoms with Gasteiger partial charge in [-0.3, -0.25) is 4.90 Å². The molecule has 6 nitrogen and oxygen atoms in total. The van der Waals surface area contributed by atoms with E-state index in [9.17, 15) is 26.3 Å². The summed E-state index contributed by atoms with van der Waals surface area (Å²) in [5, 5.41) is 6.04. The van der Waals surface area contributed by atoms with Gasteiger partial charge in [0.1, 0.15) is 0 Å².